The number of hydrogen-bond donors (Lipinski definition) is 2. The number of carbonyl (C=O) groups is 1. The molecule has 0 fully saturated rings. The molecule has 0 aromatic heterocycles. The Bertz CT molecular complexity index is 990. The minimum Gasteiger partial charge on any atom is -0.489 e. The number of carboxylic acid groups (broad SMARTS) is 1. The molecule has 0 aliphatic heterocycles. The van der Waals surface area contributed by atoms with Crippen molar-refractivity contribution in [3.05, 3.63) is 93.8 Å². The second kappa shape index (κ2) is 8.76. The van der Waals surface area contributed by atoms with Crippen molar-refractivity contribution in [1.29, 1.82) is 0 Å². The summed E-state index contributed by atoms with van der Waals surface area (Å²) in [5.74, 6) is -0.646. The van der Waals surface area contributed by atoms with Crippen LogP contribution in [-0.4, -0.2) is 11.1 Å². The van der Waals surface area contributed by atoms with Crippen LogP contribution in [0.5, 0.6) is 5.75 Å². The van der Waals surface area contributed by atoms with Crippen molar-refractivity contribution in [2.24, 2.45) is 0 Å². The van der Waals surface area contributed by atoms with Gasteiger partial charge in [-0.05, 0) is 54.4 Å². The van der Waals surface area contributed by atoms with Gasteiger partial charge in [0.1, 0.15) is 18.2 Å². The zero-order chi connectivity index (χ0) is 20.1. The molecule has 0 unspecified atom stereocenters. The van der Waals surface area contributed by atoms with Crippen molar-refractivity contribution in [2.75, 3.05) is 5.32 Å². The highest BCUT2D eigenvalue weighted by Gasteiger charge is 2.09. The molecule has 3 aromatic rings. The highest BCUT2D eigenvalue weighted by molar-refractivity contribution is 6.31. The Morgan fingerprint density at radius 1 is 1.14 bits per heavy atom. The molecule has 0 aliphatic rings. The summed E-state index contributed by atoms with van der Waals surface area (Å²) in [5.41, 5.74) is 3.50. The molecule has 144 valence electrons. The van der Waals surface area contributed by atoms with Gasteiger partial charge in [0.2, 0.25) is 0 Å². The Morgan fingerprint density at radius 2 is 1.89 bits per heavy atom. The summed E-state index contributed by atoms with van der Waals surface area (Å²) in [5, 5.41) is 12.8. The van der Waals surface area contributed by atoms with Crippen LogP contribution in [0.1, 0.15) is 27.0 Å². The Hall–Kier alpha value is -3.05. The summed E-state index contributed by atoms with van der Waals surface area (Å²) >= 11 is 6.00. The van der Waals surface area contributed by atoms with E-state index in [0.29, 0.717) is 28.4 Å². The van der Waals surface area contributed by atoms with Crippen LogP contribution in [0, 0.1) is 12.7 Å². The van der Waals surface area contributed by atoms with Crippen LogP contribution in [0.3, 0.4) is 0 Å². The summed E-state index contributed by atoms with van der Waals surface area (Å²) in [6.07, 6.45) is 0. The molecular formula is C22H19ClFNO3. The van der Waals surface area contributed by atoms with E-state index in [1.54, 1.807) is 25.1 Å². The molecule has 0 atom stereocenters. The molecule has 0 saturated carbocycles. The van der Waals surface area contributed by atoms with Crippen LogP contribution in [0.25, 0.3) is 0 Å². The predicted molar refractivity (Wildman–Crippen MR) is 108 cm³/mol. The lowest BCUT2D eigenvalue weighted by atomic mass is 10.1. The van der Waals surface area contributed by atoms with E-state index in [9.17, 15) is 14.3 Å². The maximum Gasteiger partial charge on any atom is 0.336 e. The minimum absolute atomic E-state index is 0.248. The van der Waals surface area contributed by atoms with Crippen LogP contribution >= 0.6 is 11.6 Å². The second-order valence-corrected chi connectivity index (χ2v) is 6.71. The van der Waals surface area contributed by atoms with Crippen molar-refractivity contribution in [3.8, 4) is 5.75 Å². The Balaban J connectivity index is 1.59. The zero-order valence-corrected chi connectivity index (χ0v) is 16.0. The van der Waals surface area contributed by atoms with E-state index in [1.807, 2.05) is 30.3 Å². The molecule has 4 nitrogen and oxygen atoms in total. The summed E-state index contributed by atoms with van der Waals surface area (Å²) in [6.45, 7) is 2.58. The molecule has 6 heteroatoms. The van der Waals surface area contributed by atoms with Gasteiger partial charge in [0.25, 0.3) is 0 Å². The van der Waals surface area contributed by atoms with Gasteiger partial charge in [-0.3, -0.25) is 0 Å². The number of rotatable bonds is 7. The molecule has 28 heavy (non-hydrogen) atoms. The smallest absolute Gasteiger partial charge is 0.336 e. The van der Waals surface area contributed by atoms with E-state index in [2.05, 4.69) is 5.32 Å². The van der Waals surface area contributed by atoms with Crippen molar-refractivity contribution < 1.29 is 19.0 Å². The van der Waals surface area contributed by atoms with Gasteiger partial charge in [-0.2, -0.15) is 0 Å². The van der Waals surface area contributed by atoms with Crippen LogP contribution < -0.4 is 10.1 Å². The number of aromatic carboxylic acids is 1. The van der Waals surface area contributed by atoms with Crippen LogP contribution in [-0.2, 0) is 13.2 Å². The fourth-order valence-corrected chi connectivity index (χ4v) is 2.98. The standard InChI is InChI=1S/C22H19ClFNO3/c1-14-19(22(26)27)3-2-4-21(14)25-12-15-5-9-18(10-6-15)28-13-16-7-8-17(24)11-20(16)23/h2-11,25H,12-13H2,1H3,(H,26,27). The predicted octanol–water partition coefficient (Wildman–Crippen LogP) is 5.68. The lowest BCUT2D eigenvalue weighted by Gasteiger charge is -2.12. The number of carboxylic acids is 1. The molecule has 3 aromatic carbocycles. The van der Waals surface area contributed by atoms with Crippen LogP contribution in [0.15, 0.2) is 60.7 Å². The molecule has 0 saturated heterocycles. The van der Waals surface area contributed by atoms with E-state index in [0.717, 1.165) is 11.3 Å². The van der Waals surface area contributed by atoms with Crippen molar-refractivity contribution in [3.63, 3.8) is 0 Å². The third-order valence-electron chi connectivity index (χ3n) is 4.38. The van der Waals surface area contributed by atoms with Gasteiger partial charge < -0.3 is 15.2 Å². The van der Waals surface area contributed by atoms with Gasteiger partial charge >= 0.3 is 5.97 Å². The summed E-state index contributed by atoms with van der Waals surface area (Å²) < 4.78 is 18.8. The number of anilines is 1. The number of benzene rings is 3. The molecule has 0 spiro atoms. The average molecular weight is 400 g/mol. The highest BCUT2D eigenvalue weighted by Crippen LogP contribution is 2.22. The van der Waals surface area contributed by atoms with E-state index in [-0.39, 0.29) is 18.0 Å². The molecule has 0 aliphatic carbocycles. The summed E-state index contributed by atoms with van der Waals surface area (Å²) in [6, 6.07) is 16.9. The molecular weight excluding hydrogens is 381 g/mol. The third-order valence-corrected chi connectivity index (χ3v) is 4.73. The fraction of sp³-hybridized carbons (Fsp3) is 0.136. The fourth-order valence-electron chi connectivity index (χ4n) is 2.76. The molecule has 0 heterocycles. The summed E-state index contributed by atoms with van der Waals surface area (Å²) in [7, 11) is 0. The normalized spacial score (nSPS) is 10.5. The van der Waals surface area contributed by atoms with Crippen molar-refractivity contribution in [2.45, 2.75) is 20.1 Å². The SMILES string of the molecule is Cc1c(NCc2ccc(OCc3ccc(F)cc3Cl)cc2)cccc1C(=O)O. The number of halogens is 2. The Labute approximate surface area is 167 Å². The van der Waals surface area contributed by atoms with Gasteiger partial charge in [-0.1, -0.05) is 35.9 Å². The topological polar surface area (TPSA) is 58.6 Å². The second-order valence-electron chi connectivity index (χ2n) is 6.31. The van der Waals surface area contributed by atoms with E-state index in [4.69, 9.17) is 16.3 Å². The van der Waals surface area contributed by atoms with E-state index < -0.39 is 5.97 Å². The van der Waals surface area contributed by atoms with Crippen molar-refractivity contribution >= 4 is 23.3 Å². The van der Waals surface area contributed by atoms with E-state index >= 15 is 0 Å². The van der Waals surface area contributed by atoms with E-state index in [1.165, 1.54) is 12.1 Å². The first-order valence-electron chi connectivity index (χ1n) is 8.66. The average Bonchev–Trinajstić information content (AvgIpc) is 2.67. The van der Waals surface area contributed by atoms with Gasteiger partial charge in [0.05, 0.1) is 10.6 Å². The molecule has 0 bridgehead atoms. The Morgan fingerprint density at radius 3 is 2.57 bits per heavy atom. The largest absolute Gasteiger partial charge is 0.489 e. The van der Waals surface area contributed by atoms with Gasteiger partial charge in [-0.25, -0.2) is 9.18 Å². The molecule has 0 radical (unpaired) electrons. The quantitative estimate of drug-likeness (QED) is 0.536. The maximum absolute atomic E-state index is 13.1. The molecule has 3 rings (SSSR count). The monoisotopic (exact) mass is 399 g/mol. The minimum atomic E-state index is -0.941. The van der Waals surface area contributed by atoms with Crippen molar-refractivity contribution in [1.82, 2.24) is 0 Å². The maximum atomic E-state index is 13.1. The van der Waals surface area contributed by atoms with Gasteiger partial charge in [0.15, 0.2) is 0 Å². The number of hydrogen-bond acceptors (Lipinski definition) is 3. The first-order chi connectivity index (χ1) is 13.4. The lowest BCUT2D eigenvalue weighted by molar-refractivity contribution is 0.0696. The first kappa shape index (κ1) is 19.7. The molecule has 0 amide bonds. The first-order valence-corrected chi connectivity index (χ1v) is 9.04. The number of nitrogens with one attached hydrogen (secondary N) is 1. The van der Waals surface area contributed by atoms with Crippen LogP contribution in [0.2, 0.25) is 5.02 Å². The number of ether oxygens (including phenoxy) is 1. The highest BCUT2D eigenvalue weighted by atomic mass is 35.5. The Kier molecular flexibility index (Phi) is 6.16. The van der Waals surface area contributed by atoms with Gasteiger partial charge in [-0.15, -0.1) is 0 Å². The third kappa shape index (κ3) is 4.81. The molecule has 2 N–H and O–H groups in total. The van der Waals surface area contributed by atoms with Crippen LogP contribution in [0.4, 0.5) is 10.1 Å². The zero-order valence-electron chi connectivity index (χ0n) is 15.2. The lowest BCUT2D eigenvalue weighted by Crippen LogP contribution is -2.05. The van der Waals surface area contributed by atoms with Gasteiger partial charge in [0, 0.05) is 17.8 Å². The summed E-state index contributed by atoms with van der Waals surface area (Å²) in [4.78, 5) is 11.2.